The topological polar surface area (TPSA) is 62.0 Å². The zero-order valence-corrected chi connectivity index (χ0v) is 29.6. The van der Waals surface area contributed by atoms with Gasteiger partial charge in [0.05, 0.1) is 45.1 Å². The summed E-state index contributed by atoms with van der Waals surface area (Å²) in [6, 6.07) is 51.9. The predicted octanol–water partition coefficient (Wildman–Crippen LogP) is 8.97. The Hall–Kier alpha value is -5.24. The Labute approximate surface area is 310 Å². The fourth-order valence-corrected chi connectivity index (χ4v) is 7.67. The van der Waals surface area contributed by atoms with E-state index in [4.69, 9.17) is 28.4 Å². The van der Waals surface area contributed by atoms with Gasteiger partial charge in [-0.05, 0) is 56.6 Å². The molecule has 0 saturated carbocycles. The molecule has 6 nitrogen and oxygen atoms in total. The van der Waals surface area contributed by atoms with Gasteiger partial charge in [-0.25, -0.2) is 0 Å². The maximum absolute atomic E-state index is 6.64. The molecule has 53 heavy (non-hydrogen) atoms. The zero-order chi connectivity index (χ0) is 35.5. The number of fused-ring (bicyclic) bond motifs is 3. The van der Waals surface area contributed by atoms with Crippen LogP contribution in [0.25, 0.3) is 33.4 Å². The van der Waals surface area contributed by atoms with Crippen LogP contribution in [0, 0.1) is 0 Å². The first-order valence-electron chi connectivity index (χ1n) is 18.5. The number of hydrogen-bond acceptors (Lipinski definition) is 6. The normalized spacial score (nSPS) is 17.5. The lowest BCUT2D eigenvalue weighted by molar-refractivity contribution is 0.0879. The van der Waals surface area contributed by atoms with Crippen molar-refractivity contribution in [1.29, 1.82) is 0 Å². The van der Waals surface area contributed by atoms with Crippen LogP contribution >= 0.6 is 0 Å². The average molecular weight is 703 g/mol. The second-order valence-corrected chi connectivity index (χ2v) is 13.8. The van der Waals surface area contributed by atoms with Crippen molar-refractivity contribution in [3.8, 4) is 44.9 Å². The van der Waals surface area contributed by atoms with E-state index >= 15 is 0 Å². The van der Waals surface area contributed by atoms with Crippen molar-refractivity contribution in [2.24, 2.45) is 0 Å². The van der Waals surface area contributed by atoms with Gasteiger partial charge in [0, 0.05) is 11.1 Å². The molecule has 6 heteroatoms. The van der Waals surface area contributed by atoms with E-state index in [-0.39, 0.29) is 12.2 Å². The van der Waals surface area contributed by atoms with E-state index < -0.39 is 5.41 Å². The maximum atomic E-state index is 6.64. The van der Waals surface area contributed by atoms with Crippen LogP contribution in [0.5, 0.6) is 11.5 Å². The van der Waals surface area contributed by atoms with E-state index in [0.717, 1.165) is 58.1 Å². The molecule has 6 aromatic rings. The molecule has 2 heterocycles. The van der Waals surface area contributed by atoms with Gasteiger partial charge in [0.2, 0.25) is 0 Å². The minimum absolute atomic E-state index is 0.215. The van der Waals surface area contributed by atoms with E-state index in [1.54, 1.807) is 0 Å². The first-order valence-corrected chi connectivity index (χ1v) is 18.5. The molecule has 0 bridgehead atoms. The van der Waals surface area contributed by atoms with Crippen molar-refractivity contribution < 1.29 is 28.4 Å². The van der Waals surface area contributed by atoms with E-state index in [0.29, 0.717) is 39.6 Å². The summed E-state index contributed by atoms with van der Waals surface area (Å²) < 4.78 is 35.7. The second-order valence-electron chi connectivity index (χ2n) is 13.8. The SMILES string of the molecule is c1ccc(-c2ccc(C3(c4ccc(-c5ccccc5)c(OCCOCC5CO5)c4)c4ccccc4-c4ccccc43)cc2OCCOCC2CO2)cc1. The summed E-state index contributed by atoms with van der Waals surface area (Å²) in [5, 5.41) is 0. The third-order valence-corrected chi connectivity index (χ3v) is 10.3. The number of epoxide rings is 2. The first kappa shape index (κ1) is 33.6. The van der Waals surface area contributed by atoms with Crippen molar-refractivity contribution in [1.82, 2.24) is 0 Å². The van der Waals surface area contributed by atoms with Crippen LogP contribution in [0.15, 0.2) is 146 Å². The molecule has 2 atom stereocenters. The number of rotatable bonds is 16. The van der Waals surface area contributed by atoms with Crippen molar-refractivity contribution in [2.45, 2.75) is 17.6 Å². The van der Waals surface area contributed by atoms with Gasteiger partial charge in [-0.1, -0.05) is 133 Å². The van der Waals surface area contributed by atoms with Gasteiger partial charge in [0.15, 0.2) is 0 Å². The van der Waals surface area contributed by atoms with E-state index in [1.807, 2.05) is 12.1 Å². The summed E-state index contributed by atoms with van der Waals surface area (Å²) in [5.41, 5.74) is 10.7. The lowest BCUT2D eigenvalue weighted by atomic mass is 9.67. The van der Waals surface area contributed by atoms with Gasteiger partial charge in [-0.2, -0.15) is 0 Å². The summed E-state index contributed by atoms with van der Waals surface area (Å²) in [4.78, 5) is 0. The Balaban J connectivity index is 1.18. The minimum atomic E-state index is -0.659. The molecular formula is C47H42O6. The Morgan fingerprint density at radius 3 is 1.30 bits per heavy atom. The van der Waals surface area contributed by atoms with Gasteiger partial charge in [0.25, 0.3) is 0 Å². The number of hydrogen-bond donors (Lipinski definition) is 0. The van der Waals surface area contributed by atoms with Crippen molar-refractivity contribution in [2.75, 3.05) is 52.9 Å². The molecule has 6 aromatic carbocycles. The Kier molecular flexibility index (Phi) is 9.51. The van der Waals surface area contributed by atoms with Gasteiger partial charge in [-0.3, -0.25) is 0 Å². The standard InChI is InChI=1S/C47H42O6/c1-3-11-33(12-4-1)39-21-19-35(27-45(39)50-25-23-48-29-37-31-52-37)47(43-17-9-7-15-41(43)42-16-8-10-18-44(42)47)36-20-22-40(34-13-5-2-6-14-34)46(28-36)51-26-24-49-30-38-32-53-38/h1-22,27-28,37-38H,23-26,29-32H2. The third kappa shape index (κ3) is 6.87. The average Bonchev–Trinajstić information content (AvgIpc) is 4.17. The van der Waals surface area contributed by atoms with Crippen molar-refractivity contribution in [3.63, 3.8) is 0 Å². The highest BCUT2D eigenvalue weighted by molar-refractivity contribution is 5.87. The van der Waals surface area contributed by atoms with Gasteiger partial charge in [0.1, 0.15) is 36.9 Å². The molecule has 2 unspecified atom stereocenters. The van der Waals surface area contributed by atoms with E-state index in [1.165, 1.54) is 22.3 Å². The van der Waals surface area contributed by atoms with Crippen LogP contribution in [0.2, 0.25) is 0 Å². The van der Waals surface area contributed by atoms with Crippen LogP contribution in [-0.2, 0) is 24.4 Å². The summed E-state index contributed by atoms with van der Waals surface area (Å²) >= 11 is 0. The van der Waals surface area contributed by atoms with Gasteiger partial charge < -0.3 is 28.4 Å². The Morgan fingerprint density at radius 1 is 0.453 bits per heavy atom. The summed E-state index contributed by atoms with van der Waals surface area (Å²) in [5.74, 6) is 1.63. The molecule has 0 amide bonds. The quantitative estimate of drug-likeness (QED) is 0.0741. The largest absolute Gasteiger partial charge is 0.491 e. The van der Waals surface area contributed by atoms with Crippen LogP contribution < -0.4 is 9.47 Å². The molecule has 0 aromatic heterocycles. The fourth-order valence-electron chi connectivity index (χ4n) is 7.67. The van der Waals surface area contributed by atoms with E-state index in [2.05, 4.69) is 133 Å². The smallest absolute Gasteiger partial charge is 0.127 e. The number of benzene rings is 6. The molecule has 2 saturated heterocycles. The molecule has 0 N–H and O–H groups in total. The van der Waals surface area contributed by atoms with Gasteiger partial charge in [-0.15, -0.1) is 0 Å². The molecular weight excluding hydrogens is 661 g/mol. The van der Waals surface area contributed by atoms with Gasteiger partial charge >= 0.3 is 0 Å². The highest BCUT2D eigenvalue weighted by Gasteiger charge is 2.46. The molecule has 2 fully saturated rings. The molecule has 266 valence electrons. The van der Waals surface area contributed by atoms with Crippen molar-refractivity contribution in [3.05, 3.63) is 168 Å². The molecule has 9 rings (SSSR count). The maximum Gasteiger partial charge on any atom is 0.127 e. The second kappa shape index (κ2) is 15.0. The summed E-state index contributed by atoms with van der Waals surface area (Å²) in [6.45, 7) is 4.54. The summed E-state index contributed by atoms with van der Waals surface area (Å²) in [6.07, 6.45) is 0.431. The van der Waals surface area contributed by atoms with Crippen LogP contribution in [-0.4, -0.2) is 65.1 Å². The molecule has 3 aliphatic rings. The van der Waals surface area contributed by atoms with Crippen LogP contribution in [0.3, 0.4) is 0 Å². The van der Waals surface area contributed by atoms with E-state index in [9.17, 15) is 0 Å². The van der Waals surface area contributed by atoms with Crippen LogP contribution in [0.4, 0.5) is 0 Å². The fraction of sp³-hybridized carbons (Fsp3) is 0.234. The molecule has 0 radical (unpaired) electrons. The van der Waals surface area contributed by atoms with Crippen LogP contribution in [0.1, 0.15) is 22.3 Å². The monoisotopic (exact) mass is 702 g/mol. The van der Waals surface area contributed by atoms with Crippen molar-refractivity contribution >= 4 is 0 Å². The minimum Gasteiger partial charge on any atom is -0.491 e. The zero-order valence-electron chi connectivity index (χ0n) is 29.6. The third-order valence-electron chi connectivity index (χ3n) is 10.3. The molecule has 0 spiro atoms. The lowest BCUT2D eigenvalue weighted by Crippen LogP contribution is -2.29. The summed E-state index contributed by atoms with van der Waals surface area (Å²) in [7, 11) is 0. The predicted molar refractivity (Wildman–Crippen MR) is 207 cm³/mol. The number of ether oxygens (including phenoxy) is 6. The highest BCUT2D eigenvalue weighted by atomic mass is 16.6. The highest BCUT2D eigenvalue weighted by Crippen LogP contribution is 2.57. The first-order chi connectivity index (χ1) is 26.3. The molecule has 1 aliphatic carbocycles. The molecule has 2 aliphatic heterocycles. The lowest BCUT2D eigenvalue weighted by Gasteiger charge is -2.35. The Morgan fingerprint density at radius 2 is 0.868 bits per heavy atom. The Bertz CT molecular complexity index is 2020.